The van der Waals surface area contributed by atoms with Gasteiger partial charge < -0.3 is 15.2 Å². The lowest BCUT2D eigenvalue weighted by molar-refractivity contribution is 0.140. The van der Waals surface area contributed by atoms with Gasteiger partial charge in [-0.2, -0.15) is 0 Å². The van der Waals surface area contributed by atoms with Gasteiger partial charge in [0.1, 0.15) is 0 Å². The molecule has 1 aliphatic rings. The van der Waals surface area contributed by atoms with Crippen LogP contribution in [0.25, 0.3) is 0 Å². The zero-order valence-corrected chi connectivity index (χ0v) is 12.3. The van der Waals surface area contributed by atoms with Crippen molar-refractivity contribution in [2.24, 2.45) is 11.1 Å². The van der Waals surface area contributed by atoms with Crippen LogP contribution in [0, 0.1) is 12.3 Å². The van der Waals surface area contributed by atoms with Gasteiger partial charge in [0.05, 0.1) is 13.2 Å². The highest BCUT2D eigenvalue weighted by Crippen LogP contribution is 2.36. The van der Waals surface area contributed by atoms with Crippen molar-refractivity contribution in [2.45, 2.75) is 40.0 Å². The molecule has 3 nitrogen and oxygen atoms in total. The zero-order chi connectivity index (χ0) is 13.9. The summed E-state index contributed by atoms with van der Waals surface area (Å²) < 4.78 is 11.8. The molecular weight excluding hydrogens is 238 g/mol. The molecule has 0 atom stereocenters. The van der Waals surface area contributed by atoms with Gasteiger partial charge in [0.2, 0.25) is 0 Å². The van der Waals surface area contributed by atoms with Crippen LogP contribution < -0.4 is 15.2 Å². The van der Waals surface area contributed by atoms with Crippen LogP contribution in [0.1, 0.15) is 37.8 Å². The van der Waals surface area contributed by atoms with Gasteiger partial charge in [0.15, 0.2) is 11.5 Å². The quantitative estimate of drug-likeness (QED) is 0.849. The van der Waals surface area contributed by atoms with Gasteiger partial charge >= 0.3 is 0 Å². The molecule has 0 unspecified atom stereocenters. The zero-order valence-electron chi connectivity index (χ0n) is 12.3. The number of hydrogen-bond acceptors (Lipinski definition) is 3. The minimum Gasteiger partial charge on any atom is -0.489 e. The minimum absolute atomic E-state index is 0.0621. The molecule has 0 saturated carbocycles. The van der Waals surface area contributed by atoms with E-state index in [-0.39, 0.29) is 5.41 Å². The SMILES string of the molecule is Cc1cc2c(cc1CCCCN)OCC(C)(C)CO2. The summed E-state index contributed by atoms with van der Waals surface area (Å²) in [5.74, 6) is 1.77. The summed E-state index contributed by atoms with van der Waals surface area (Å²) in [5.41, 5.74) is 8.23. The van der Waals surface area contributed by atoms with Crippen molar-refractivity contribution in [3.05, 3.63) is 23.3 Å². The number of aryl methyl sites for hydroxylation is 2. The first-order valence-electron chi connectivity index (χ1n) is 7.11. The largest absolute Gasteiger partial charge is 0.489 e. The van der Waals surface area contributed by atoms with E-state index in [1.807, 2.05) is 0 Å². The van der Waals surface area contributed by atoms with E-state index in [9.17, 15) is 0 Å². The first-order chi connectivity index (χ1) is 9.02. The molecule has 0 radical (unpaired) electrons. The molecule has 0 bridgehead atoms. The summed E-state index contributed by atoms with van der Waals surface area (Å²) in [6, 6.07) is 4.25. The van der Waals surface area contributed by atoms with E-state index in [1.165, 1.54) is 11.1 Å². The summed E-state index contributed by atoms with van der Waals surface area (Å²) >= 11 is 0. The Morgan fingerprint density at radius 2 is 1.74 bits per heavy atom. The van der Waals surface area contributed by atoms with Gasteiger partial charge in [-0.05, 0) is 56.0 Å². The molecule has 0 aromatic heterocycles. The Morgan fingerprint density at radius 1 is 1.11 bits per heavy atom. The maximum atomic E-state index is 5.92. The third kappa shape index (κ3) is 3.63. The van der Waals surface area contributed by atoms with E-state index in [0.717, 1.165) is 37.3 Å². The van der Waals surface area contributed by atoms with Crippen molar-refractivity contribution < 1.29 is 9.47 Å². The third-order valence-electron chi connectivity index (χ3n) is 3.54. The third-order valence-corrected chi connectivity index (χ3v) is 3.54. The van der Waals surface area contributed by atoms with Crippen molar-refractivity contribution in [1.29, 1.82) is 0 Å². The predicted molar refractivity (Wildman–Crippen MR) is 77.9 cm³/mol. The van der Waals surface area contributed by atoms with Crippen molar-refractivity contribution in [3.63, 3.8) is 0 Å². The lowest BCUT2D eigenvalue weighted by Gasteiger charge is -2.19. The molecule has 1 heterocycles. The summed E-state index contributed by atoms with van der Waals surface area (Å²) in [4.78, 5) is 0. The van der Waals surface area contributed by atoms with E-state index < -0.39 is 0 Å². The minimum atomic E-state index is 0.0621. The van der Waals surface area contributed by atoms with Gasteiger partial charge in [-0.3, -0.25) is 0 Å². The van der Waals surface area contributed by atoms with E-state index in [4.69, 9.17) is 15.2 Å². The highest BCUT2D eigenvalue weighted by molar-refractivity contribution is 5.47. The second kappa shape index (κ2) is 5.83. The van der Waals surface area contributed by atoms with Crippen molar-refractivity contribution in [2.75, 3.05) is 19.8 Å². The van der Waals surface area contributed by atoms with E-state index in [0.29, 0.717) is 13.2 Å². The number of fused-ring (bicyclic) bond motifs is 1. The smallest absolute Gasteiger partial charge is 0.161 e. The lowest BCUT2D eigenvalue weighted by atomic mass is 9.97. The van der Waals surface area contributed by atoms with Crippen LogP contribution in [0.15, 0.2) is 12.1 Å². The number of nitrogens with two attached hydrogens (primary N) is 1. The average Bonchev–Trinajstić information content (AvgIpc) is 2.50. The molecule has 3 heteroatoms. The molecular formula is C16H25NO2. The Bertz CT molecular complexity index is 441. The molecule has 2 rings (SSSR count). The highest BCUT2D eigenvalue weighted by atomic mass is 16.5. The molecule has 0 saturated heterocycles. The molecule has 2 N–H and O–H groups in total. The van der Waals surface area contributed by atoms with Crippen LogP contribution in [0.5, 0.6) is 11.5 Å². The number of rotatable bonds is 4. The van der Waals surface area contributed by atoms with Crippen molar-refractivity contribution in [1.82, 2.24) is 0 Å². The van der Waals surface area contributed by atoms with Gasteiger partial charge in [-0.1, -0.05) is 13.8 Å². The second-order valence-electron chi connectivity index (χ2n) is 6.21. The van der Waals surface area contributed by atoms with Gasteiger partial charge in [0, 0.05) is 5.41 Å². The van der Waals surface area contributed by atoms with Crippen LogP contribution in [0.2, 0.25) is 0 Å². The van der Waals surface area contributed by atoms with Crippen LogP contribution in [-0.2, 0) is 6.42 Å². The number of hydrogen-bond donors (Lipinski definition) is 1. The van der Waals surface area contributed by atoms with Crippen molar-refractivity contribution >= 4 is 0 Å². The van der Waals surface area contributed by atoms with Gasteiger partial charge in [-0.15, -0.1) is 0 Å². The summed E-state index contributed by atoms with van der Waals surface area (Å²) in [5, 5.41) is 0. The maximum Gasteiger partial charge on any atom is 0.161 e. The molecule has 0 aliphatic carbocycles. The Hall–Kier alpha value is -1.22. The molecule has 1 aromatic rings. The molecule has 1 aromatic carbocycles. The fourth-order valence-electron chi connectivity index (χ4n) is 2.25. The number of ether oxygens (including phenoxy) is 2. The Kier molecular flexibility index (Phi) is 4.35. The fraction of sp³-hybridized carbons (Fsp3) is 0.625. The number of unbranched alkanes of at least 4 members (excludes halogenated alkanes) is 1. The topological polar surface area (TPSA) is 44.5 Å². The van der Waals surface area contributed by atoms with Crippen LogP contribution in [0.3, 0.4) is 0 Å². The maximum absolute atomic E-state index is 5.92. The lowest BCUT2D eigenvalue weighted by Crippen LogP contribution is -2.26. The van der Waals surface area contributed by atoms with Crippen LogP contribution >= 0.6 is 0 Å². The Balaban J connectivity index is 2.16. The van der Waals surface area contributed by atoms with E-state index in [1.54, 1.807) is 0 Å². The van der Waals surface area contributed by atoms with Crippen molar-refractivity contribution in [3.8, 4) is 11.5 Å². The highest BCUT2D eigenvalue weighted by Gasteiger charge is 2.25. The standard InChI is InChI=1S/C16H25NO2/c1-12-8-14-15(9-13(12)6-4-5-7-17)19-11-16(2,3)10-18-14/h8-9H,4-7,10-11,17H2,1-3H3. The normalized spacial score (nSPS) is 17.1. The summed E-state index contributed by atoms with van der Waals surface area (Å²) in [6.45, 7) is 8.62. The summed E-state index contributed by atoms with van der Waals surface area (Å²) in [6.07, 6.45) is 3.26. The average molecular weight is 263 g/mol. The van der Waals surface area contributed by atoms with Gasteiger partial charge in [-0.25, -0.2) is 0 Å². The molecule has 1 aliphatic heterocycles. The Labute approximate surface area is 116 Å². The summed E-state index contributed by atoms with van der Waals surface area (Å²) in [7, 11) is 0. The Morgan fingerprint density at radius 3 is 2.37 bits per heavy atom. The molecule has 19 heavy (non-hydrogen) atoms. The second-order valence-corrected chi connectivity index (χ2v) is 6.21. The predicted octanol–water partition coefficient (Wildman–Crippen LogP) is 3.07. The molecule has 106 valence electrons. The van der Waals surface area contributed by atoms with E-state index >= 15 is 0 Å². The fourth-order valence-corrected chi connectivity index (χ4v) is 2.25. The molecule has 0 amide bonds. The molecule has 0 spiro atoms. The van der Waals surface area contributed by atoms with Crippen LogP contribution in [-0.4, -0.2) is 19.8 Å². The van der Waals surface area contributed by atoms with Gasteiger partial charge in [0.25, 0.3) is 0 Å². The van der Waals surface area contributed by atoms with Crippen LogP contribution in [0.4, 0.5) is 0 Å². The number of benzene rings is 1. The first-order valence-corrected chi connectivity index (χ1v) is 7.11. The monoisotopic (exact) mass is 263 g/mol. The van der Waals surface area contributed by atoms with E-state index in [2.05, 4.69) is 32.9 Å². The first kappa shape index (κ1) is 14.2. The molecule has 0 fully saturated rings.